The summed E-state index contributed by atoms with van der Waals surface area (Å²) in [6.45, 7) is 2.33. The average molecular weight is 381 g/mol. The van der Waals surface area contributed by atoms with Gasteiger partial charge in [0.25, 0.3) is 0 Å². The molecule has 7 nitrogen and oxygen atoms in total. The molecular formula is C19H17ClN6O. The van der Waals surface area contributed by atoms with Crippen LogP contribution in [0, 0.1) is 18.3 Å². The van der Waals surface area contributed by atoms with Crippen LogP contribution in [0.25, 0.3) is 6.08 Å². The lowest BCUT2D eigenvalue weighted by atomic mass is 10.1. The minimum absolute atomic E-state index is 0.291. The molecule has 0 saturated heterocycles. The van der Waals surface area contributed by atoms with Gasteiger partial charge in [-0.1, -0.05) is 23.7 Å². The highest BCUT2D eigenvalue weighted by Gasteiger charge is 2.09. The number of nitriles is 1. The van der Waals surface area contributed by atoms with E-state index in [1.807, 2.05) is 25.1 Å². The maximum atomic E-state index is 12.1. The Hall–Kier alpha value is -3.37. The minimum Gasteiger partial charge on any atom is -0.320 e. The van der Waals surface area contributed by atoms with Gasteiger partial charge in [0.1, 0.15) is 5.15 Å². The van der Waals surface area contributed by atoms with Gasteiger partial charge in [0.15, 0.2) is 0 Å². The molecule has 0 saturated carbocycles. The molecule has 0 unspecified atom stereocenters. The SMILES string of the molecule is Cc1nn(C)c(Cl)c1/C=C/C(=O)Nc1cnn(Cc2cccc(C#N)c2)c1. The number of carbonyl (C=O) groups excluding carboxylic acids is 1. The second-order valence-electron chi connectivity index (χ2n) is 5.97. The maximum Gasteiger partial charge on any atom is 0.248 e. The van der Waals surface area contributed by atoms with Crippen molar-refractivity contribution >= 4 is 29.3 Å². The number of hydrogen-bond donors (Lipinski definition) is 1. The Morgan fingerprint density at radius 2 is 2.26 bits per heavy atom. The Balaban J connectivity index is 1.64. The Bertz CT molecular complexity index is 1060. The molecular weight excluding hydrogens is 364 g/mol. The lowest BCUT2D eigenvalue weighted by Gasteiger charge is -2.02. The molecule has 2 heterocycles. The van der Waals surface area contributed by atoms with Crippen LogP contribution in [0.1, 0.15) is 22.4 Å². The van der Waals surface area contributed by atoms with Gasteiger partial charge in [0, 0.05) is 24.9 Å². The number of carbonyl (C=O) groups is 1. The molecule has 0 aliphatic carbocycles. The summed E-state index contributed by atoms with van der Waals surface area (Å²) in [6, 6.07) is 9.42. The van der Waals surface area contributed by atoms with Crippen molar-refractivity contribution in [3.05, 3.63) is 70.3 Å². The van der Waals surface area contributed by atoms with Gasteiger partial charge in [0.2, 0.25) is 5.91 Å². The van der Waals surface area contributed by atoms with Crippen LogP contribution < -0.4 is 5.32 Å². The van der Waals surface area contributed by atoms with E-state index in [0.717, 1.165) is 11.3 Å². The molecule has 136 valence electrons. The molecule has 0 fully saturated rings. The molecule has 0 bridgehead atoms. The summed E-state index contributed by atoms with van der Waals surface area (Å²) in [5.41, 5.74) is 3.59. The van der Waals surface area contributed by atoms with Crippen molar-refractivity contribution < 1.29 is 4.79 Å². The van der Waals surface area contributed by atoms with E-state index in [0.29, 0.717) is 28.5 Å². The minimum atomic E-state index is -0.291. The van der Waals surface area contributed by atoms with Crippen molar-refractivity contribution in [1.82, 2.24) is 19.6 Å². The number of anilines is 1. The predicted molar refractivity (Wildman–Crippen MR) is 103 cm³/mol. The molecule has 1 amide bonds. The monoisotopic (exact) mass is 380 g/mol. The van der Waals surface area contributed by atoms with Crippen LogP contribution in [0.3, 0.4) is 0 Å². The van der Waals surface area contributed by atoms with E-state index in [1.54, 1.807) is 40.9 Å². The van der Waals surface area contributed by atoms with Gasteiger partial charge >= 0.3 is 0 Å². The number of nitrogens with one attached hydrogen (secondary N) is 1. The Morgan fingerprint density at radius 3 is 2.96 bits per heavy atom. The van der Waals surface area contributed by atoms with E-state index in [9.17, 15) is 4.79 Å². The zero-order chi connectivity index (χ0) is 19.4. The van der Waals surface area contributed by atoms with Crippen LogP contribution >= 0.6 is 11.6 Å². The van der Waals surface area contributed by atoms with E-state index < -0.39 is 0 Å². The number of nitrogens with zero attached hydrogens (tertiary/aromatic N) is 5. The van der Waals surface area contributed by atoms with Crippen LogP contribution in [-0.2, 0) is 18.4 Å². The first kappa shape index (κ1) is 18.4. The molecule has 0 radical (unpaired) electrons. The third kappa shape index (κ3) is 4.43. The molecule has 2 aromatic heterocycles. The van der Waals surface area contributed by atoms with E-state index in [4.69, 9.17) is 16.9 Å². The Morgan fingerprint density at radius 1 is 1.44 bits per heavy atom. The van der Waals surface area contributed by atoms with Crippen LogP contribution in [0.15, 0.2) is 42.7 Å². The predicted octanol–water partition coefficient (Wildman–Crippen LogP) is 3.15. The van der Waals surface area contributed by atoms with Gasteiger partial charge in [-0.15, -0.1) is 0 Å². The van der Waals surface area contributed by atoms with Crippen LogP contribution in [0.2, 0.25) is 5.15 Å². The number of aryl methyl sites for hydroxylation is 2. The van der Waals surface area contributed by atoms with Crippen LogP contribution in [0.4, 0.5) is 5.69 Å². The summed E-state index contributed by atoms with van der Waals surface area (Å²) in [4.78, 5) is 12.1. The summed E-state index contributed by atoms with van der Waals surface area (Å²) in [5, 5.41) is 20.6. The molecule has 3 rings (SSSR count). The highest BCUT2D eigenvalue weighted by Crippen LogP contribution is 2.20. The largest absolute Gasteiger partial charge is 0.320 e. The van der Waals surface area contributed by atoms with E-state index in [1.165, 1.54) is 6.08 Å². The van der Waals surface area contributed by atoms with Gasteiger partial charge in [-0.2, -0.15) is 15.5 Å². The first-order valence-corrected chi connectivity index (χ1v) is 8.53. The molecule has 3 aromatic rings. The number of benzene rings is 1. The number of rotatable bonds is 5. The van der Waals surface area contributed by atoms with Gasteiger partial charge in [-0.3, -0.25) is 14.2 Å². The molecule has 27 heavy (non-hydrogen) atoms. The first-order valence-electron chi connectivity index (χ1n) is 8.16. The third-order valence-electron chi connectivity index (χ3n) is 3.90. The summed E-state index contributed by atoms with van der Waals surface area (Å²) in [6.07, 6.45) is 6.34. The number of hydrogen-bond acceptors (Lipinski definition) is 4. The van der Waals surface area contributed by atoms with E-state index in [2.05, 4.69) is 21.6 Å². The number of halogens is 1. The number of amides is 1. The fourth-order valence-corrected chi connectivity index (χ4v) is 2.86. The number of aromatic nitrogens is 4. The normalized spacial score (nSPS) is 10.9. The molecule has 8 heteroatoms. The lowest BCUT2D eigenvalue weighted by molar-refractivity contribution is -0.111. The summed E-state index contributed by atoms with van der Waals surface area (Å²) in [7, 11) is 1.74. The van der Waals surface area contributed by atoms with E-state index in [-0.39, 0.29) is 5.91 Å². The molecule has 1 N–H and O–H groups in total. The van der Waals surface area contributed by atoms with Crippen molar-refractivity contribution in [3.8, 4) is 6.07 Å². The van der Waals surface area contributed by atoms with Crippen LogP contribution in [-0.4, -0.2) is 25.5 Å². The summed E-state index contributed by atoms with van der Waals surface area (Å²) in [5.74, 6) is -0.291. The highest BCUT2D eigenvalue weighted by molar-refractivity contribution is 6.31. The van der Waals surface area contributed by atoms with Gasteiger partial charge in [-0.25, -0.2) is 0 Å². The highest BCUT2D eigenvalue weighted by atomic mass is 35.5. The third-order valence-corrected chi connectivity index (χ3v) is 4.35. The molecule has 0 spiro atoms. The standard InChI is InChI=1S/C19H17ClN6O/c1-13-17(19(20)25(2)24-13)6-7-18(27)23-16-10-22-26(12-16)11-15-5-3-4-14(8-15)9-21/h3-8,10,12H,11H2,1-2H3,(H,23,27)/b7-6+. The van der Waals surface area contributed by atoms with Gasteiger partial charge in [0.05, 0.1) is 35.8 Å². The topological polar surface area (TPSA) is 88.5 Å². The second-order valence-corrected chi connectivity index (χ2v) is 6.33. The molecule has 0 aliphatic heterocycles. The molecule has 0 atom stereocenters. The molecule has 1 aromatic carbocycles. The van der Waals surface area contributed by atoms with Crippen LogP contribution in [0.5, 0.6) is 0 Å². The quantitative estimate of drug-likeness (QED) is 0.688. The van der Waals surface area contributed by atoms with Crippen molar-refractivity contribution in [1.29, 1.82) is 5.26 Å². The fourth-order valence-electron chi connectivity index (χ4n) is 2.62. The van der Waals surface area contributed by atoms with E-state index >= 15 is 0 Å². The van der Waals surface area contributed by atoms with Crippen molar-refractivity contribution in [2.75, 3.05) is 5.32 Å². The lowest BCUT2D eigenvalue weighted by Crippen LogP contribution is -2.07. The van der Waals surface area contributed by atoms with Crippen molar-refractivity contribution in [3.63, 3.8) is 0 Å². The zero-order valence-corrected chi connectivity index (χ0v) is 15.6. The Kier molecular flexibility index (Phi) is 5.38. The first-order chi connectivity index (χ1) is 13.0. The van der Waals surface area contributed by atoms with Crippen molar-refractivity contribution in [2.45, 2.75) is 13.5 Å². The molecule has 0 aliphatic rings. The maximum absolute atomic E-state index is 12.1. The smallest absolute Gasteiger partial charge is 0.248 e. The fraction of sp³-hybridized carbons (Fsp3) is 0.158. The van der Waals surface area contributed by atoms with Gasteiger partial charge < -0.3 is 5.32 Å². The van der Waals surface area contributed by atoms with Gasteiger partial charge in [-0.05, 0) is 30.7 Å². The summed E-state index contributed by atoms with van der Waals surface area (Å²) < 4.78 is 3.25. The second kappa shape index (κ2) is 7.89. The zero-order valence-electron chi connectivity index (χ0n) is 14.8. The Labute approximate surface area is 161 Å². The summed E-state index contributed by atoms with van der Waals surface area (Å²) >= 11 is 6.14. The van der Waals surface area contributed by atoms with Crippen molar-refractivity contribution in [2.24, 2.45) is 7.05 Å². The average Bonchev–Trinajstić information content (AvgIpc) is 3.17.